The topological polar surface area (TPSA) is 61.8 Å². The molecule has 0 amide bonds. The zero-order valence-electron chi connectivity index (χ0n) is 15.8. The average molecular weight is 391 g/mol. The van der Waals surface area contributed by atoms with Crippen LogP contribution in [0.3, 0.4) is 0 Å². The van der Waals surface area contributed by atoms with Crippen LogP contribution in [0.25, 0.3) is 0 Å². The summed E-state index contributed by atoms with van der Waals surface area (Å²) in [6.07, 6.45) is 1.19. The normalized spacial score (nSPS) is 17.0. The zero-order chi connectivity index (χ0) is 19.3. The molecule has 0 bridgehead atoms. The van der Waals surface area contributed by atoms with Crippen molar-refractivity contribution < 1.29 is 22.1 Å². The molecule has 1 aliphatic heterocycles. The van der Waals surface area contributed by atoms with Crippen molar-refractivity contribution in [2.24, 2.45) is 0 Å². The van der Waals surface area contributed by atoms with Crippen LogP contribution in [0.4, 0.5) is 0 Å². The molecule has 0 N–H and O–H groups in total. The minimum absolute atomic E-state index is 0.0939. The highest BCUT2D eigenvalue weighted by atomic mass is 32.2. The third-order valence-corrected chi connectivity index (χ3v) is 6.27. The molecule has 0 unspecified atom stereocenters. The van der Waals surface area contributed by atoms with Crippen LogP contribution in [0.15, 0.2) is 53.4 Å². The Labute approximate surface area is 161 Å². The predicted octanol–water partition coefficient (Wildman–Crippen LogP) is 3.94. The fourth-order valence-corrected chi connectivity index (χ4v) is 4.61. The zero-order valence-corrected chi connectivity index (χ0v) is 16.6. The van der Waals surface area contributed by atoms with Gasteiger partial charge in [-0.15, -0.1) is 0 Å². The molecule has 2 aromatic carbocycles. The number of rotatable bonds is 7. The summed E-state index contributed by atoms with van der Waals surface area (Å²) in [5.41, 5.74) is 1.97. The van der Waals surface area contributed by atoms with Crippen LogP contribution in [0, 0.1) is 6.92 Å². The average Bonchev–Trinajstić information content (AvgIpc) is 2.68. The number of benzene rings is 2. The van der Waals surface area contributed by atoms with E-state index in [9.17, 15) is 8.42 Å². The van der Waals surface area contributed by atoms with Gasteiger partial charge in [-0.2, -0.15) is 8.42 Å². The molecule has 6 heteroatoms. The van der Waals surface area contributed by atoms with Gasteiger partial charge in [0.1, 0.15) is 4.90 Å². The lowest BCUT2D eigenvalue weighted by Gasteiger charge is -2.38. The second kappa shape index (κ2) is 8.52. The second-order valence-corrected chi connectivity index (χ2v) is 8.32. The monoisotopic (exact) mass is 390 g/mol. The maximum absolute atomic E-state index is 12.7. The summed E-state index contributed by atoms with van der Waals surface area (Å²) in [5, 5.41) is 0. The van der Waals surface area contributed by atoms with Crippen molar-refractivity contribution in [1.82, 2.24) is 0 Å². The van der Waals surface area contributed by atoms with E-state index in [1.165, 1.54) is 0 Å². The van der Waals surface area contributed by atoms with Gasteiger partial charge in [-0.05, 0) is 25.5 Å². The van der Waals surface area contributed by atoms with E-state index >= 15 is 0 Å². The van der Waals surface area contributed by atoms with E-state index in [0.717, 1.165) is 11.1 Å². The van der Waals surface area contributed by atoms with Crippen LogP contribution < -0.4 is 0 Å². The van der Waals surface area contributed by atoms with Crippen molar-refractivity contribution >= 4 is 10.1 Å². The molecule has 146 valence electrons. The van der Waals surface area contributed by atoms with E-state index in [1.54, 1.807) is 19.1 Å². The van der Waals surface area contributed by atoms with Crippen LogP contribution in [0.1, 0.15) is 36.5 Å². The van der Waals surface area contributed by atoms with Gasteiger partial charge in [-0.25, -0.2) is 0 Å². The maximum atomic E-state index is 12.7. The molecule has 0 spiro atoms. The first-order valence-electron chi connectivity index (χ1n) is 9.23. The molecule has 0 radical (unpaired) electrons. The smallest absolute Gasteiger partial charge is 0.297 e. The summed E-state index contributed by atoms with van der Waals surface area (Å²) in [5.74, 6) is 0. The van der Waals surface area contributed by atoms with Gasteiger partial charge in [0, 0.05) is 31.6 Å². The van der Waals surface area contributed by atoms with Gasteiger partial charge < -0.3 is 9.47 Å². The molecular weight excluding hydrogens is 364 g/mol. The molecule has 1 saturated heterocycles. The van der Waals surface area contributed by atoms with Gasteiger partial charge >= 0.3 is 0 Å². The van der Waals surface area contributed by atoms with Crippen molar-refractivity contribution in [1.29, 1.82) is 0 Å². The van der Waals surface area contributed by atoms with Crippen LogP contribution in [0.5, 0.6) is 0 Å². The first kappa shape index (κ1) is 20.0. The van der Waals surface area contributed by atoms with Crippen LogP contribution >= 0.6 is 0 Å². The minimum Gasteiger partial charge on any atom is -0.381 e. The Balaban J connectivity index is 2.03. The lowest BCUT2D eigenvalue weighted by Crippen LogP contribution is -2.38. The molecule has 0 aliphatic carbocycles. The first-order chi connectivity index (χ1) is 13.0. The van der Waals surface area contributed by atoms with E-state index in [-0.39, 0.29) is 11.5 Å². The Morgan fingerprint density at radius 2 is 1.78 bits per heavy atom. The summed E-state index contributed by atoms with van der Waals surface area (Å²) in [4.78, 5) is 0.185. The number of ether oxygens (including phenoxy) is 2. The van der Waals surface area contributed by atoms with Gasteiger partial charge in [0.25, 0.3) is 10.1 Å². The van der Waals surface area contributed by atoms with Gasteiger partial charge in [-0.3, -0.25) is 4.18 Å². The molecule has 1 aliphatic rings. The lowest BCUT2D eigenvalue weighted by atomic mass is 9.85. The minimum atomic E-state index is -3.85. The van der Waals surface area contributed by atoms with Crippen LogP contribution in [-0.2, 0) is 36.0 Å². The van der Waals surface area contributed by atoms with E-state index in [2.05, 4.69) is 0 Å². The molecule has 2 aromatic rings. The van der Waals surface area contributed by atoms with E-state index in [1.807, 2.05) is 43.3 Å². The van der Waals surface area contributed by atoms with Crippen molar-refractivity contribution in [2.45, 2.75) is 43.8 Å². The Hall–Kier alpha value is -1.73. The third kappa shape index (κ3) is 4.58. The van der Waals surface area contributed by atoms with Crippen LogP contribution in [0.2, 0.25) is 0 Å². The molecule has 3 rings (SSSR count). The maximum Gasteiger partial charge on any atom is 0.297 e. The summed E-state index contributed by atoms with van der Waals surface area (Å²) < 4.78 is 42.5. The molecule has 5 nitrogen and oxygen atoms in total. The molecule has 27 heavy (non-hydrogen) atoms. The highest BCUT2D eigenvalue weighted by Crippen LogP contribution is 2.41. The molecule has 0 saturated carbocycles. The number of hydrogen-bond donors (Lipinski definition) is 0. The Bertz CT molecular complexity index is 855. The molecule has 0 aromatic heterocycles. The van der Waals surface area contributed by atoms with Crippen LogP contribution in [-0.4, -0.2) is 28.2 Å². The fraction of sp³-hybridized carbons (Fsp3) is 0.429. The number of aryl methyl sites for hydroxylation is 1. The third-order valence-electron chi connectivity index (χ3n) is 4.83. The molecule has 0 atom stereocenters. The van der Waals surface area contributed by atoms with Gasteiger partial charge in [0.05, 0.1) is 18.8 Å². The largest absolute Gasteiger partial charge is 0.381 e. The predicted molar refractivity (Wildman–Crippen MR) is 103 cm³/mol. The van der Waals surface area contributed by atoms with Gasteiger partial charge in [-0.1, -0.05) is 48.0 Å². The summed E-state index contributed by atoms with van der Waals surface area (Å²) in [6.45, 7) is 5.17. The highest BCUT2D eigenvalue weighted by molar-refractivity contribution is 7.86. The SMILES string of the molecule is CCOS(=O)(=O)c1ccc(C)cc1C1(OCc2ccccc2)CCOCC1. The summed E-state index contributed by atoms with van der Waals surface area (Å²) in [7, 11) is -3.85. The lowest BCUT2D eigenvalue weighted by molar-refractivity contribution is -0.126. The number of hydrogen-bond acceptors (Lipinski definition) is 5. The highest BCUT2D eigenvalue weighted by Gasteiger charge is 2.40. The van der Waals surface area contributed by atoms with Crippen molar-refractivity contribution in [3.05, 3.63) is 65.2 Å². The Morgan fingerprint density at radius 3 is 2.44 bits per heavy atom. The fourth-order valence-electron chi connectivity index (χ4n) is 3.42. The van der Waals surface area contributed by atoms with Crippen molar-refractivity contribution in [3.63, 3.8) is 0 Å². The molecular formula is C21H26O5S. The summed E-state index contributed by atoms with van der Waals surface area (Å²) >= 11 is 0. The standard InChI is InChI=1S/C21H26O5S/c1-3-26-27(22,23)20-10-9-17(2)15-19(20)21(11-13-24-14-12-21)25-16-18-7-5-4-6-8-18/h4-10,15H,3,11-14,16H2,1-2H3. The first-order valence-corrected chi connectivity index (χ1v) is 10.6. The van der Waals surface area contributed by atoms with Crippen molar-refractivity contribution in [2.75, 3.05) is 19.8 Å². The Kier molecular flexibility index (Phi) is 6.32. The van der Waals surface area contributed by atoms with Gasteiger partial charge in [0.2, 0.25) is 0 Å². The van der Waals surface area contributed by atoms with E-state index in [0.29, 0.717) is 38.2 Å². The Morgan fingerprint density at radius 1 is 1.07 bits per heavy atom. The van der Waals surface area contributed by atoms with Crippen molar-refractivity contribution in [3.8, 4) is 0 Å². The molecule has 1 fully saturated rings. The quantitative estimate of drug-likeness (QED) is 0.670. The van der Waals surface area contributed by atoms with Gasteiger partial charge in [0.15, 0.2) is 0 Å². The molecule has 1 heterocycles. The van der Waals surface area contributed by atoms with E-state index < -0.39 is 15.7 Å². The van der Waals surface area contributed by atoms with E-state index in [4.69, 9.17) is 13.7 Å². The second-order valence-electron chi connectivity index (χ2n) is 6.74. The summed E-state index contributed by atoms with van der Waals surface area (Å²) in [6, 6.07) is 15.2.